The van der Waals surface area contributed by atoms with E-state index in [1.54, 1.807) is 0 Å². The molecule has 0 saturated heterocycles. The third-order valence-electron chi connectivity index (χ3n) is 3.67. The molecule has 0 unspecified atom stereocenters. The summed E-state index contributed by atoms with van der Waals surface area (Å²) in [4.78, 5) is 12.2. The average molecular weight is 346 g/mol. The van der Waals surface area contributed by atoms with Crippen LogP contribution in [0.3, 0.4) is 0 Å². The predicted molar refractivity (Wildman–Crippen MR) is 89.0 cm³/mol. The van der Waals surface area contributed by atoms with Gasteiger partial charge in [0.2, 0.25) is 10.0 Å². The first-order chi connectivity index (χ1) is 11.3. The molecule has 1 amide bonds. The number of hydrogen-bond acceptors (Lipinski definition) is 5. The average Bonchev–Trinajstić information content (AvgIpc) is 2.85. The van der Waals surface area contributed by atoms with Gasteiger partial charge >= 0.3 is 0 Å². The number of amides is 1. The molecule has 0 atom stereocenters. The molecule has 7 nitrogen and oxygen atoms in total. The molecule has 2 aromatic rings. The van der Waals surface area contributed by atoms with Crippen molar-refractivity contribution in [3.8, 4) is 11.5 Å². The lowest BCUT2D eigenvalue weighted by Gasteiger charge is -2.05. The van der Waals surface area contributed by atoms with Crippen LogP contribution in [-0.4, -0.2) is 31.6 Å². The summed E-state index contributed by atoms with van der Waals surface area (Å²) < 4.78 is 26.1. The number of anilines is 1. The summed E-state index contributed by atoms with van der Waals surface area (Å²) in [5.74, 6) is -0.701. The van der Waals surface area contributed by atoms with Gasteiger partial charge in [-0.25, -0.2) is 13.1 Å². The highest BCUT2D eigenvalue weighted by Crippen LogP contribution is 2.36. The molecule has 1 aliphatic rings. The molecule has 3 rings (SSSR count). The van der Waals surface area contributed by atoms with Crippen LogP contribution in [0.2, 0.25) is 0 Å². The molecule has 0 aliphatic carbocycles. The first kappa shape index (κ1) is 16.0. The van der Waals surface area contributed by atoms with Crippen molar-refractivity contribution in [3.63, 3.8) is 0 Å². The van der Waals surface area contributed by atoms with E-state index in [1.165, 1.54) is 43.5 Å². The van der Waals surface area contributed by atoms with E-state index in [0.717, 1.165) is 6.07 Å². The number of nitrogens with one attached hydrogen (secondary N) is 2. The fraction of sp³-hybridized carbons (Fsp3) is 0.0625. The maximum absolute atomic E-state index is 12.2. The second-order valence-electron chi connectivity index (χ2n) is 5.17. The number of phenolic OH excluding ortho intramolecular Hbond substituents is 2. The Labute approximate surface area is 138 Å². The molecular formula is C16H14N2O5S. The number of carbonyl (C=O) groups excluding carboxylic acids is 1. The highest BCUT2D eigenvalue weighted by Gasteiger charge is 2.26. The Balaban J connectivity index is 2.14. The van der Waals surface area contributed by atoms with E-state index in [-0.39, 0.29) is 22.0 Å². The summed E-state index contributed by atoms with van der Waals surface area (Å²) in [5, 5.41) is 21.8. The molecule has 8 heteroatoms. The fourth-order valence-electron chi connectivity index (χ4n) is 2.41. The molecule has 0 spiro atoms. The van der Waals surface area contributed by atoms with Crippen molar-refractivity contribution in [1.82, 2.24) is 4.72 Å². The maximum Gasteiger partial charge on any atom is 0.256 e. The van der Waals surface area contributed by atoms with E-state index < -0.39 is 15.9 Å². The Morgan fingerprint density at radius 3 is 2.54 bits per heavy atom. The standard InChI is InChI=1S/C16H14N2O5S/c1-17-24(22,23)11-4-5-14-12(8-11)13(16(21)18-14)6-9-2-3-10(19)7-15(9)20/h2-8,17,19-20H,1H3,(H,18,21). The van der Waals surface area contributed by atoms with E-state index in [4.69, 9.17) is 0 Å². The van der Waals surface area contributed by atoms with E-state index in [0.29, 0.717) is 16.8 Å². The molecule has 1 heterocycles. The molecule has 0 saturated carbocycles. The molecule has 1 aliphatic heterocycles. The normalized spacial score (nSPS) is 15.4. The molecule has 0 bridgehead atoms. The molecule has 0 fully saturated rings. The van der Waals surface area contributed by atoms with Crippen molar-refractivity contribution in [2.75, 3.05) is 12.4 Å². The van der Waals surface area contributed by atoms with Gasteiger partial charge in [-0.3, -0.25) is 4.79 Å². The first-order valence-corrected chi connectivity index (χ1v) is 8.43. The Hall–Kier alpha value is -2.84. The van der Waals surface area contributed by atoms with Crippen molar-refractivity contribution in [3.05, 3.63) is 47.5 Å². The fourth-order valence-corrected chi connectivity index (χ4v) is 3.16. The number of carbonyl (C=O) groups is 1. The van der Waals surface area contributed by atoms with Gasteiger partial charge < -0.3 is 15.5 Å². The summed E-state index contributed by atoms with van der Waals surface area (Å²) in [6.45, 7) is 0. The monoisotopic (exact) mass is 346 g/mol. The van der Waals surface area contributed by atoms with Crippen molar-refractivity contribution >= 4 is 33.3 Å². The van der Waals surface area contributed by atoms with E-state index in [1.807, 2.05) is 0 Å². The van der Waals surface area contributed by atoms with Crippen LogP contribution in [0.4, 0.5) is 5.69 Å². The van der Waals surface area contributed by atoms with Crippen molar-refractivity contribution < 1.29 is 23.4 Å². The molecular weight excluding hydrogens is 332 g/mol. The highest BCUT2D eigenvalue weighted by molar-refractivity contribution is 7.89. The summed E-state index contributed by atoms with van der Waals surface area (Å²) in [6, 6.07) is 8.28. The van der Waals surface area contributed by atoms with Gasteiger partial charge in [-0.05, 0) is 43.5 Å². The summed E-state index contributed by atoms with van der Waals surface area (Å²) in [5.41, 5.74) is 1.45. The van der Waals surface area contributed by atoms with Crippen LogP contribution in [0, 0.1) is 0 Å². The van der Waals surface area contributed by atoms with Crippen LogP contribution in [0.5, 0.6) is 11.5 Å². The lowest BCUT2D eigenvalue weighted by Crippen LogP contribution is -2.18. The van der Waals surface area contributed by atoms with Crippen LogP contribution >= 0.6 is 0 Å². The van der Waals surface area contributed by atoms with E-state index in [9.17, 15) is 23.4 Å². The zero-order chi connectivity index (χ0) is 17.5. The minimum absolute atomic E-state index is 0.0288. The quantitative estimate of drug-likeness (QED) is 0.629. The van der Waals surface area contributed by atoms with Crippen molar-refractivity contribution in [2.45, 2.75) is 4.90 Å². The Morgan fingerprint density at radius 2 is 1.88 bits per heavy atom. The van der Waals surface area contributed by atoms with Gasteiger partial charge in [-0.15, -0.1) is 0 Å². The molecule has 2 aromatic carbocycles. The van der Waals surface area contributed by atoms with Gasteiger partial charge in [0.05, 0.1) is 4.90 Å². The Bertz CT molecular complexity index is 980. The highest BCUT2D eigenvalue weighted by atomic mass is 32.2. The lowest BCUT2D eigenvalue weighted by molar-refractivity contribution is -0.110. The first-order valence-electron chi connectivity index (χ1n) is 6.95. The minimum Gasteiger partial charge on any atom is -0.508 e. The van der Waals surface area contributed by atoms with E-state index >= 15 is 0 Å². The lowest BCUT2D eigenvalue weighted by atomic mass is 10.0. The van der Waals surface area contributed by atoms with Gasteiger partial charge in [0.1, 0.15) is 11.5 Å². The van der Waals surface area contributed by atoms with Crippen LogP contribution < -0.4 is 10.0 Å². The van der Waals surface area contributed by atoms with Gasteiger partial charge in [0, 0.05) is 28.5 Å². The van der Waals surface area contributed by atoms with Crippen LogP contribution in [-0.2, 0) is 14.8 Å². The van der Waals surface area contributed by atoms with Gasteiger partial charge in [-0.2, -0.15) is 0 Å². The minimum atomic E-state index is -3.65. The smallest absolute Gasteiger partial charge is 0.256 e. The van der Waals surface area contributed by atoms with Crippen LogP contribution in [0.15, 0.2) is 41.3 Å². The second kappa shape index (κ2) is 5.66. The van der Waals surface area contributed by atoms with Gasteiger partial charge in [0.15, 0.2) is 0 Å². The molecule has 4 N–H and O–H groups in total. The zero-order valence-corrected chi connectivity index (χ0v) is 13.4. The number of fused-ring (bicyclic) bond motifs is 1. The Kier molecular flexibility index (Phi) is 3.78. The largest absolute Gasteiger partial charge is 0.508 e. The number of benzene rings is 2. The summed E-state index contributed by atoms with van der Waals surface area (Å²) in [6.07, 6.45) is 1.44. The predicted octanol–water partition coefficient (Wildman–Crippen LogP) is 1.50. The molecule has 124 valence electrons. The third kappa shape index (κ3) is 2.72. The maximum atomic E-state index is 12.2. The second-order valence-corrected chi connectivity index (χ2v) is 7.06. The van der Waals surface area contributed by atoms with Gasteiger partial charge in [-0.1, -0.05) is 0 Å². The SMILES string of the molecule is CNS(=O)(=O)c1ccc2c(c1)C(=Cc1ccc(O)cc1O)C(=O)N2. The third-order valence-corrected chi connectivity index (χ3v) is 5.08. The van der Waals surface area contributed by atoms with Gasteiger partial charge in [0.25, 0.3) is 5.91 Å². The Morgan fingerprint density at radius 1 is 1.12 bits per heavy atom. The number of rotatable bonds is 3. The molecule has 0 radical (unpaired) electrons. The number of aromatic hydroxyl groups is 2. The number of hydrogen-bond donors (Lipinski definition) is 4. The van der Waals surface area contributed by atoms with Crippen molar-refractivity contribution in [1.29, 1.82) is 0 Å². The van der Waals surface area contributed by atoms with E-state index in [2.05, 4.69) is 10.0 Å². The number of phenols is 2. The zero-order valence-electron chi connectivity index (χ0n) is 12.6. The van der Waals surface area contributed by atoms with Crippen LogP contribution in [0.1, 0.15) is 11.1 Å². The molecule has 24 heavy (non-hydrogen) atoms. The topological polar surface area (TPSA) is 116 Å². The summed E-state index contributed by atoms with van der Waals surface area (Å²) in [7, 11) is -2.34. The van der Waals surface area contributed by atoms with Crippen molar-refractivity contribution in [2.24, 2.45) is 0 Å². The molecule has 0 aromatic heterocycles. The summed E-state index contributed by atoms with van der Waals surface area (Å²) >= 11 is 0. The van der Waals surface area contributed by atoms with Crippen LogP contribution in [0.25, 0.3) is 11.6 Å². The number of sulfonamides is 1.